The molecule has 0 aromatic heterocycles. The molecular weight excluding hydrogens is 178 g/mol. The van der Waals surface area contributed by atoms with Gasteiger partial charge in [0.2, 0.25) is 0 Å². The number of nitrogens with zero attached hydrogens (tertiary/aromatic N) is 1. The second-order valence-corrected chi connectivity index (χ2v) is 2.81. The van der Waals surface area contributed by atoms with Crippen molar-refractivity contribution in [2.75, 3.05) is 14.2 Å². The third-order valence-electron chi connectivity index (χ3n) is 1.94. The molecule has 0 spiro atoms. The molecule has 0 saturated carbocycles. The Bertz CT molecular complexity index is 321. The van der Waals surface area contributed by atoms with E-state index in [-0.39, 0.29) is 0 Å². The maximum Gasteiger partial charge on any atom is 0.119 e. The van der Waals surface area contributed by atoms with Crippen LogP contribution in [-0.2, 0) is 4.84 Å². The zero-order valence-electron chi connectivity index (χ0n) is 8.78. The second-order valence-electron chi connectivity index (χ2n) is 2.81. The van der Waals surface area contributed by atoms with E-state index in [0.29, 0.717) is 0 Å². The molecule has 76 valence electrons. The van der Waals surface area contributed by atoms with Crippen LogP contribution in [0.2, 0.25) is 0 Å². The van der Waals surface area contributed by atoms with Gasteiger partial charge in [-0.3, -0.25) is 0 Å². The molecule has 0 N–H and O–H groups in total. The summed E-state index contributed by atoms with van der Waals surface area (Å²) in [5.74, 6) is 0.833. The van der Waals surface area contributed by atoms with Crippen LogP contribution in [0.4, 0.5) is 0 Å². The maximum absolute atomic E-state index is 5.13. The van der Waals surface area contributed by atoms with Crippen LogP contribution < -0.4 is 4.74 Å². The largest absolute Gasteiger partial charge is 0.497 e. The van der Waals surface area contributed by atoms with Crippen LogP contribution in [0.1, 0.15) is 18.9 Å². The fourth-order valence-corrected chi connectivity index (χ4v) is 1.23. The summed E-state index contributed by atoms with van der Waals surface area (Å²) < 4.78 is 5.13. The molecule has 0 amide bonds. The minimum atomic E-state index is 0.833. The average molecular weight is 193 g/mol. The summed E-state index contributed by atoms with van der Waals surface area (Å²) in [6.45, 7) is 2.04. The SMILES string of the molecule is CCC(=NOC)c1cccc(OC)c1. The van der Waals surface area contributed by atoms with E-state index in [9.17, 15) is 0 Å². The smallest absolute Gasteiger partial charge is 0.119 e. The Morgan fingerprint density at radius 2 is 2.14 bits per heavy atom. The summed E-state index contributed by atoms with van der Waals surface area (Å²) in [5.41, 5.74) is 1.96. The third-order valence-corrected chi connectivity index (χ3v) is 1.94. The van der Waals surface area contributed by atoms with Gasteiger partial charge in [0.25, 0.3) is 0 Å². The van der Waals surface area contributed by atoms with Crippen molar-refractivity contribution in [2.24, 2.45) is 5.16 Å². The summed E-state index contributed by atoms with van der Waals surface area (Å²) in [7, 11) is 3.20. The monoisotopic (exact) mass is 193 g/mol. The van der Waals surface area contributed by atoms with Crippen molar-refractivity contribution in [2.45, 2.75) is 13.3 Å². The van der Waals surface area contributed by atoms with Gasteiger partial charge in [0.05, 0.1) is 12.8 Å². The summed E-state index contributed by atoms with van der Waals surface area (Å²) in [6, 6.07) is 7.78. The first-order valence-corrected chi connectivity index (χ1v) is 4.56. The lowest BCUT2D eigenvalue weighted by Crippen LogP contribution is -1.99. The van der Waals surface area contributed by atoms with Gasteiger partial charge in [0, 0.05) is 5.56 Å². The highest BCUT2D eigenvalue weighted by Gasteiger charge is 2.02. The molecule has 0 fully saturated rings. The first-order chi connectivity index (χ1) is 6.81. The van der Waals surface area contributed by atoms with Crippen LogP contribution in [0.5, 0.6) is 5.75 Å². The van der Waals surface area contributed by atoms with Gasteiger partial charge in [0.1, 0.15) is 12.9 Å². The highest BCUT2D eigenvalue weighted by atomic mass is 16.6. The molecule has 1 aromatic carbocycles. The van der Waals surface area contributed by atoms with Crippen molar-refractivity contribution in [3.05, 3.63) is 29.8 Å². The molecule has 0 atom stereocenters. The van der Waals surface area contributed by atoms with Crippen molar-refractivity contribution in [1.82, 2.24) is 0 Å². The van der Waals surface area contributed by atoms with Crippen LogP contribution in [0.15, 0.2) is 29.4 Å². The minimum absolute atomic E-state index is 0.833. The van der Waals surface area contributed by atoms with Gasteiger partial charge in [0.15, 0.2) is 0 Å². The molecule has 0 aliphatic rings. The van der Waals surface area contributed by atoms with E-state index in [1.165, 1.54) is 0 Å². The van der Waals surface area contributed by atoms with E-state index in [1.807, 2.05) is 31.2 Å². The molecule has 1 aromatic rings. The molecule has 3 nitrogen and oxygen atoms in total. The predicted octanol–water partition coefficient (Wildman–Crippen LogP) is 2.46. The number of benzene rings is 1. The minimum Gasteiger partial charge on any atom is -0.497 e. The summed E-state index contributed by atoms with van der Waals surface area (Å²) in [6.07, 6.45) is 0.834. The molecule has 0 heterocycles. The van der Waals surface area contributed by atoms with Crippen LogP contribution >= 0.6 is 0 Å². The van der Waals surface area contributed by atoms with Crippen molar-refractivity contribution < 1.29 is 9.57 Å². The zero-order chi connectivity index (χ0) is 10.4. The van der Waals surface area contributed by atoms with Crippen LogP contribution in [0.3, 0.4) is 0 Å². The van der Waals surface area contributed by atoms with Gasteiger partial charge in [-0.05, 0) is 18.6 Å². The van der Waals surface area contributed by atoms with Gasteiger partial charge in [-0.25, -0.2) is 0 Å². The first kappa shape index (κ1) is 10.6. The van der Waals surface area contributed by atoms with Crippen LogP contribution in [0, 0.1) is 0 Å². The molecule has 3 heteroatoms. The summed E-state index contributed by atoms with van der Waals surface area (Å²) in [4.78, 5) is 4.77. The van der Waals surface area contributed by atoms with Crippen molar-refractivity contribution in [1.29, 1.82) is 0 Å². The molecule has 0 bridgehead atoms. The first-order valence-electron chi connectivity index (χ1n) is 4.56. The van der Waals surface area contributed by atoms with Gasteiger partial charge in [-0.15, -0.1) is 0 Å². The molecular formula is C11H15NO2. The van der Waals surface area contributed by atoms with Crippen LogP contribution in [0.25, 0.3) is 0 Å². The average Bonchev–Trinajstić information content (AvgIpc) is 2.26. The Labute approximate surface area is 84.3 Å². The van der Waals surface area contributed by atoms with Crippen molar-refractivity contribution in [3.8, 4) is 5.75 Å². The van der Waals surface area contributed by atoms with E-state index in [4.69, 9.17) is 9.57 Å². The Balaban J connectivity index is 2.98. The van der Waals surface area contributed by atoms with E-state index >= 15 is 0 Å². The fourth-order valence-electron chi connectivity index (χ4n) is 1.23. The molecule has 0 unspecified atom stereocenters. The molecule has 0 aliphatic carbocycles. The van der Waals surface area contributed by atoms with Gasteiger partial charge < -0.3 is 9.57 Å². The van der Waals surface area contributed by atoms with Crippen molar-refractivity contribution >= 4 is 5.71 Å². The van der Waals surface area contributed by atoms with E-state index in [0.717, 1.165) is 23.4 Å². The topological polar surface area (TPSA) is 30.8 Å². The lowest BCUT2D eigenvalue weighted by molar-refractivity contribution is 0.213. The lowest BCUT2D eigenvalue weighted by Gasteiger charge is -2.05. The normalized spacial score (nSPS) is 11.2. The lowest BCUT2D eigenvalue weighted by atomic mass is 10.1. The van der Waals surface area contributed by atoms with Crippen LogP contribution in [-0.4, -0.2) is 19.9 Å². The Hall–Kier alpha value is -1.51. The number of ether oxygens (including phenoxy) is 1. The number of hydrogen-bond donors (Lipinski definition) is 0. The number of oxime groups is 1. The van der Waals surface area contributed by atoms with Gasteiger partial charge in [-0.1, -0.05) is 24.2 Å². The second kappa shape index (κ2) is 5.27. The fraction of sp³-hybridized carbons (Fsp3) is 0.364. The molecule has 0 radical (unpaired) electrons. The Morgan fingerprint density at radius 3 is 2.71 bits per heavy atom. The Morgan fingerprint density at radius 1 is 1.36 bits per heavy atom. The van der Waals surface area contributed by atoms with E-state index in [1.54, 1.807) is 14.2 Å². The van der Waals surface area contributed by atoms with Gasteiger partial charge in [-0.2, -0.15) is 0 Å². The molecule has 14 heavy (non-hydrogen) atoms. The predicted molar refractivity (Wildman–Crippen MR) is 56.8 cm³/mol. The van der Waals surface area contributed by atoms with E-state index in [2.05, 4.69) is 5.16 Å². The molecule has 0 saturated heterocycles. The highest BCUT2D eigenvalue weighted by Crippen LogP contribution is 2.14. The van der Waals surface area contributed by atoms with Gasteiger partial charge >= 0.3 is 0 Å². The zero-order valence-corrected chi connectivity index (χ0v) is 8.78. The number of methoxy groups -OCH3 is 1. The quantitative estimate of drug-likeness (QED) is 0.543. The number of hydrogen-bond acceptors (Lipinski definition) is 3. The standard InChI is InChI=1S/C11H15NO2/c1-4-11(12-14-3)9-6-5-7-10(8-9)13-2/h5-8H,4H2,1-3H3. The van der Waals surface area contributed by atoms with Crippen molar-refractivity contribution in [3.63, 3.8) is 0 Å². The highest BCUT2D eigenvalue weighted by molar-refractivity contribution is 6.00. The summed E-state index contributed by atoms with van der Waals surface area (Å²) in [5, 5.41) is 3.95. The Kier molecular flexibility index (Phi) is 3.98. The molecule has 1 rings (SSSR count). The maximum atomic E-state index is 5.13. The molecule has 0 aliphatic heterocycles. The summed E-state index contributed by atoms with van der Waals surface area (Å²) >= 11 is 0. The third kappa shape index (κ3) is 2.49. The number of rotatable bonds is 4. The van der Waals surface area contributed by atoms with E-state index < -0.39 is 0 Å².